The number of ketones is 1. The van der Waals surface area contributed by atoms with E-state index in [1.165, 1.54) is 4.31 Å². The predicted molar refractivity (Wildman–Crippen MR) is 97.9 cm³/mol. The van der Waals surface area contributed by atoms with Crippen molar-refractivity contribution in [1.82, 2.24) is 4.31 Å². The van der Waals surface area contributed by atoms with Crippen LogP contribution in [-0.2, 0) is 10.0 Å². The second-order valence-corrected chi connectivity index (χ2v) is 8.31. The molecule has 0 aliphatic carbocycles. The molecule has 0 bridgehead atoms. The van der Waals surface area contributed by atoms with E-state index in [1.807, 2.05) is 25.1 Å². The zero-order valence-electron chi connectivity index (χ0n) is 14.1. The lowest BCUT2D eigenvalue weighted by Gasteiger charge is -2.16. The van der Waals surface area contributed by atoms with Gasteiger partial charge in [-0.3, -0.25) is 4.79 Å². The molecule has 130 valence electrons. The summed E-state index contributed by atoms with van der Waals surface area (Å²) >= 11 is 0. The topological polar surface area (TPSA) is 54.5 Å². The van der Waals surface area contributed by atoms with Crippen molar-refractivity contribution in [2.75, 3.05) is 13.1 Å². The van der Waals surface area contributed by atoms with Gasteiger partial charge < -0.3 is 0 Å². The van der Waals surface area contributed by atoms with Crippen LogP contribution in [0.5, 0.6) is 0 Å². The highest BCUT2D eigenvalue weighted by Crippen LogP contribution is 2.31. The number of Topliss-reactive ketones (excluding diaryl/α,β-unsaturated/α-hetero) is 1. The molecule has 1 heterocycles. The average molecular weight is 355 g/mol. The highest BCUT2D eigenvalue weighted by Gasteiger charge is 2.41. The van der Waals surface area contributed by atoms with Crippen LogP contribution in [0.15, 0.2) is 72.1 Å². The molecular formula is C20H21NO3S. The van der Waals surface area contributed by atoms with Crippen LogP contribution in [0.2, 0.25) is 0 Å². The van der Waals surface area contributed by atoms with Crippen molar-refractivity contribution in [3.05, 3.63) is 78.4 Å². The van der Waals surface area contributed by atoms with Crippen molar-refractivity contribution in [3.8, 4) is 0 Å². The Morgan fingerprint density at radius 2 is 1.72 bits per heavy atom. The van der Waals surface area contributed by atoms with Gasteiger partial charge in [0, 0.05) is 30.5 Å². The van der Waals surface area contributed by atoms with E-state index in [0.717, 1.165) is 5.56 Å². The van der Waals surface area contributed by atoms with Gasteiger partial charge in [0.25, 0.3) is 0 Å². The molecule has 1 fully saturated rings. The SMILES string of the molecule is C=CC1CN(S(=O)(=O)c2ccc(C)cc2)CC1C(=O)c1ccccc1. The minimum absolute atomic E-state index is 0.0351. The highest BCUT2D eigenvalue weighted by molar-refractivity contribution is 7.89. The molecule has 1 aliphatic heterocycles. The molecule has 4 nitrogen and oxygen atoms in total. The summed E-state index contributed by atoms with van der Waals surface area (Å²) in [6, 6.07) is 15.8. The minimum atomic E-state index is -3.61. The van der Waals surface area contributed by atoms with E-state index >= 15 is 0 Å². The molecule has 3 rings (SSSR count). The summed E-state index contributed by atoms with van der Waals surface area (Å²) in [5, 5.41) is 0. The van der Waals surface area contributed by atoms with Gasteiger partial charge in [0.05, 0.1) is 4.90 Å². The first-order valence-electron chi connectivity index (χ1n) is 8.22. The lowest BCUT2D eigenvalue weighted by Crippen LogP contribution is -2.30. The van der Waals surface area contributed by atoms with E-state index in [1.54, 1.807) is 42.5 Å². The molecule has 2 aromatic rings. The van der Waals surface area contributed by atoms with Crippen molar-refractivity contribution < 1.29 is 13.2 Å². The van der Waals surface area contributed by atoms with Crippen molar-refractivity contribution in [2.45, 2.75) is 11.8 Å². The zero-order chi connectivity index (χ0) is 18.0. The predicted octanol–water partition coefficient (Wildman–Crippen LogP) is 3.30. The summed E-state index contributed by atoms with van der Waals surface area (Å²) < 4.78 is 27.2. The quantitative estimate of drug-likeness (QED) is 0.611. The second-order valence-electron chi connectivity index (χ2n) is 6.37. The van der Waals surface area contributed by atoms with E-state index in [0.29, 0.717) is 5.56 Å². The van der Waals surface area contributed by atoms with Gasteiger partial charge in [-0.2, -0.15) is 4.31 Å². The lowest BCUT2D eigenvalue weighted by atomic mass is 9.88. The van der Waals surface area contributed by atoms with E-state index < -0.39 is 15.9 Å². The molecule has 2 unspecified atom stereocenters. The molecule has 0 amide bonds. The Hall–Kier alpha value is -2.24. The maximum absolute atomic E-state index is 12.9. The van der Waals surface area contributed by atoms with Crippen LogP contribution < -0.4 is 0 Å². The Morgan fingerprint density at radius 1 is 1.08 bits per heavy atom. The number of carbonyl (C=O) groups is 1. The number of rotatable bonds is 5. The molecule has 2 atom stereocenters. The number of sulfonamides is 1. The van der Waals surface area contributed by atoms with Gasteiger partial charge in [0.2, 0.25) is 10.0 Å². The first kappa shape index (κ1) is 17.6. The first-order valence-corrected chi connectivity index (χ1v) is 9.66. The summed E-state index contributed by atoms with van der Waals surface area (Å²) in [5.74, 6) is -0.625. The number of hydrogen-bond acceptors (Lipinski definition) is 3. The standard InChI is InChI=1S/C20H21NO3S/c1-3-16-13-21(25(23,24)18-11-9-15(2)10-12-18)14-19(16)20(22)17-7-5-4-6-8-17/h3-12,16,19H,1,13-14H2,2H3. The lowest BCUT2D eigenvalue weighted by molar-refractivity contribution is 0.0912. The van der Waals surface area contributed by atoms with Gasteiger partial charge in [-0.1, -0.05) is 54.1 Å². The van der Waals surface area contributed by atoms with Gasteiger partial charge in [-0.05, 0) is 19.1 Å². The van der Waals surface area contributed by atoms with Gasteiger partial charge >= 0.3 is 0 Å². The highest BCUT2D eigenvalue weighted by atomic mass is 32.2. The summed E-state index contributed by atoms with van der Waals surface area (Å²) in [7, 11) is -3.61. The van der Waals surface area contributed by atoms with Crippen LogP contribution in [0, 0.1) is 18.8 Å². The average Bonchev–Trinajstić information content (AvgIpc) is 3.07. The van der Waals surface area contributed by atoms with Gasteiger partial charge in [0.1, 0.15) is 0 Å². The molecule has 0 aromatic heterocycles. The molecule has 1 aliphatic rings. The third-order valence-corrected chi connectivity index (χ3v) is 6.53. The fraction of sp³-hybridized carbons (Fsp3) is 0.250. The maximum atomic E-state index is 12.9. The van der Waals surface area contributed by atoms with Crippen LogP contribution >= 0.6 is 0 Å². The molecule has 0 saturated carbocycles. The summed E-state index contributed by atoms with van der Waals surface area (Å²) in [5.41, 5.74) is 1.61. The number of nitrogens with zero attached hydrogens (tertiary/aromatic N) is 1. The van der Waals surface area contributed by atoms with Crippen LogP contribution in [0.25, 0.3) is 0 Å². The van der Waals surface area contributed by atoms with Crippen LogP contribution in [0.1, 0.15) is 15.9 Å². The molecule has 2 aromatic carbocycles. The fourth-order valence-electron chi connectivity index (χ4n) is 3.18. The number of benzene rings is 2. The third kappa shape index (κ3) is 3.43. The Balaban J connectivity index is 1.87. The van der Waals surface area contributed by atoms with Crippen molar-refractivity contribution in [2.24, 2.45) is 11.8 Å². The van der Waals surface area contributed by atoms with Gasteiger partial charge in [-0.25, -0.2) is 8.42 Å². The molecular weight excluding hydrogens is 334 g/mol. The summed E-state index contributed by atoms with van der Waals surface area (Å²) in [6.45, 7) is 6.17. The monoisotopic (exact) mass is 355 g/mol. The van der Waals surface area contributed by atoms with Gasteiger partial charge in [-0.15, -0.1) is 6.58 Å². The first-order chi connectivity index (χ1) is 11.9. The molecule has 1 saturated heterocycles. The molecule has 0 spiro atoms. The Bertz CT molecular complexity index is 873. The second kappa shape index (κ2) is 6.94. The molecule has 0 N–H and O–H groups in total. The number of hydrogen-bond donors (Lipinski definition) is 0. The zero-order valence-corrected chi connectivity index (χ0v) is 14.9. The van der Waals surface area contributed by atoms with E-state index in [9.17, 15) is 13.2 Å². The Kier molecular flexibility index (Phi) is 4.88. The summed E-state index contributed by atoms with van der Waals surface area (Å²) in [6.07, 6.45) is 1.69. The molecule has 25 heavy (non-hydrogen) atoms. The Morgan fingerprint density at radius 3 is 2.32 bits per heavy atom. The molecule has 0 radical (unpaired) electrons. The number of carbonyl (C=O) groups excluding carboxylic acids is 1. The van der Waals surface area contributed by atoms with E-state index in [4.69, 9.17) is 0 Å². The smallest absolute Gasteiger partial charge is 0.243 e. The largest absolute Gasteiger partial charge is 0.294 e. The van der Waals surface area contributed by atoms with Crippen LogP contribution in [0.4, 0.5) is 0 Å². The fourth-order valence-corrected chi connectivity index (χ4v) is 4.68. The normalized spacial score (nSPS) is 21.2. The van der Waals surface area contributed by atoms with Crippen molar-refractivity contribution in [1.29, 1.82) is 0 Å². The van der Waals surface area contributed by atoms with E-state index in [2.05, 4.69) is 6.58 Å². The summed E-state index contributed by atoms with van der Waals surface area (Å²) in [4.78, 5) is 13.1. The molecule has 5 heteroatoms. The van der Waals surface area contributed by atoms with Crippen molar-refractivity contribution in [3.63, 3.8) is 0 Å². The van der Waals surface area contributed by atoms with Crippen LogP contribution in [0.3, 0.4) is 0 Å². The van der Waals surface area contributed by atoms with Gasteiger partial charge in [0.15, 0.2) is 5.78 Å². The Labute approximate surface area is 148 Å². The third-order valence-electron chi connectivity index (χ3n) is 4.69. The van der Waals surface area contributed by atoms with E-state index in [-0.39, 0.29) is 29.7 Å². The number of aryl methyl sites for hydroxylation is 1. The maximum Gasteiger partial charge on any atom is 0.243 e. The van der Waals surface area contributed by atoms with Crippen molar-refractivity contribution >= 4 is 15.8 Å². The van der Waals surface area contributed by atoms with Crippen LogP contribution in [-0.4, -0.2) is 31.6 Å². The minimum Gasteiger partial charge on any atom is -0.294 e.